The number of carbonyl (C=O) groups is 3. The van der Waals surface area contributed by atoms with Crippen molar-refractivity contribution in [1.29, 1.82) is 0 Å². The monoisotopic (exact) mass is 141 g/mol. The number of amides is 1. The summed E-state index contributed by atoms with van der Waals surface area (Å²) in [6.45, 7) is 0. The topological polar surface area (TPSA) is 86.5 Å². The van der Waals surface area contributed by atoms with E-state index in [-0.39, 0.29) is 0 Å². The van der Waals surface area contributed by atoms with Gasteiger partial charge in [-0.25, -0.2) is 9.59 Å². The molecule has 0 radical (unpaired) electrons. The quantitative estimate of drug-likeness (QED) is 0.273. The van der Waals surface area contributed by atoms with Crippen LogP contribution in [0.3, 0.4) is 0 Å². The normalized spacial score (nSPS) is 16.6. The number of hydrogen-bond donors (Lipinski definition) is 1. The predicted molar refractivity (Wildman–Crippen MR) is 28.4 cm³/mol. The summed E-state index contributed by atoms with van der Waals surface area (Å²) in [5.41, 5.74) is 4.29. The zero-order chi connectivity index (χ0) is 7.72. The largest absolute Gasteiger partial charge is 0.386 e. The van der Waals surface area contributed by atoms with Gasteiger partial charge in [-0.05, 0) is 0 Å². The molecule has 0 aromatic carbocycles. The van der Waals surface area contributed by atoms with Gasteiger partial charge in [-0.1, -0.05) is 0 Å². The highest BCUT2D eigenvalue weighted by Crippen LogP contribution is 2.05. The molecule has 52 valence electrons. The Hall–Kier alpha value is -1.65. The van der Waals surface area contributed by atoms with E-state index in [1.807, 2.05) is 0 Å². The van der Waals surface area contributed by atoms with E-state index in [2.05, 4.69) is 4.74 Å². The number of cyclic esters (lactones) is 2. The number of nitrogens with two attached hydrogens (primary N) is 1. The van der Waals surface area contributed by atoms with Crippen LogP contribution in [0, 0.1) is 0 Å². The minimum Gasteiger partial charge on any atom is -0.386 e. The first-order chi connectivity index (χ1) is 4.61. The molecule has 1 amide bonds. The van der Waals surface area contributed by atoms with Crippen LogP contribution in [0.25, 0.3) is 0 Å². The van der Waals surface area contributed by atoms with E-state index in [0.717, 1.165) is 6.08 Å². The average molecular weight is 141 g/mol. The number of rotatable bonds is 1. The Morgan fingerprint density at radius 1 is 1.50 bits per heavy atom. The van der Waals surface area contributed by atoms with Gasteiger partial charge >= 0.3 is 11.9 Å². The lowest BCUT2D eigenvalue weighted by molar-refractivity contribution is -0.150. The van der Waals surface area contributed by atoms with E-state index in [1.54, 1.807) is 0 Å². The van der Waals surface area contributed by atoms with Gasteiger partial charge in [-0.15, -0.1) is 0 Å². The smallest absolute Gasteiger partial charge is 0.351 e. The second-order valence-corrected chi connectivity index (χ2v) is 1.63. The zero-order valence-electron chi connectivity index (χ0n) is 4.79. The third-order valence-electron chi connectivity index (χ3n) is 0.941. The fourth-order valence-electron chi connectivity index (χ4n) is 0.524. The summed E-state index contributed by atoms with van der Waals surface area (Å²) in [6, 6.07) is 0. The summed E-state index contributed by atoms with van der Waals surface area (Å²) < 4.78 is 3.96. The van der Waals surface area contributed by atoms with Crippen molar-refractivity contribution in [3.63, 3.8) is 0 Å². The molecule has 0 aliphatic carbocycles. The maximum Gasteiger partial charge on any atom is 0.351 e. The fourth-order valence-corrected chi connectivity index (χ4v) is 0.524. The summed E-state index contributed by atoms with van der Waals surface area (Å²) >= 11 is 0. The van der Waals surface area contributed by atoms with Crippen LogP contribution in [0.15, 0.2) is 11.6 Å². The first kappa shape index (κ1) is 6.47. The standard InChI is InChI=1S/C5H3NO4/c6-4(8)2-1-3(7)10-5(2)9/h1H,(H2,6,8). The molecule has 5 heteroatoms. The first-order valence-corrected chi connectivity index (χ1v) is 2.39. The van der Waals surface area contributed by atoms with E-state index in [9.17, 15) is 14.4 Å². The molecule has 1 rings (SSSR count). The highest BCUT2D eigenvalue weighted by atomic mass is 16.6. The van der Waals surface area contributed by atoms with Gasteiger partial charge in [0, 0.05) is 6.08 Å². The third kappa shape index (κ3) is 0.883. The minimum atomic E-state index is -0.975. The van der Waals surface area contributed by atoms with E-state index in [0.29, 0.717) is 0 Å². The molecule has 1 heterocycles. The maximum absolute atomic E-state index is 10.4. The molecule has 10 heavy (non-hydrogen) atoms. The number of carbonyl (C=O) groups excluding carboxylic acids is 3. The SMILES string of the molecule is NC(=O)C1=CC(=O)OC1=O. The average Bonchev–Trinajstić information content (AvgIpc) is 2.10. The van der Waals surface area contributed by atoms with Gasteiger partial charge in [0.2, 0.25) is 0 Å². The molecule has 0 aromatic heterocycles. The molecule has 0 aromatic rings. The van der Waals surface area contributed by atoms with Crippen molar-refractivity contribution in [1.82, 2.24) is 0 Å². The molecule has 0 unspecified atom stereocenters. The van der Waals surface area contributed by atoms with E-state index in [4.69, 9.17) is 5.73 Å². The summed E-state index contributed by atoms with van der Waals surface area (Å²) in [5, 5.41) is 0. The Morgan fingerprint density at radius 3 is 2.30 bits per heavy atom. The second kappa shape index (κ2) is 1.94. The van der Waals surface area contributed by atoms with Crippen LogP contribution >= 0.6 is 0 Å². The third-order valence-corrected chi connectivity index (χ3v) is 0.941. The fraction of sp³-hybridized carbons (Fsp3) is 0. The molecule has 0 saturated carbocycles. The molecule has 0 atom stereocenters. The minimum absolute atomic E-state index is 0.398. The highest BCUT2D eigenvalue weighted by molar-refractivity contribution is 6.24. The van der Waals surface area contributed by atoms with Gasteiger partial charge in [0.25, 0.3) is 5.91 Å². The van der Waals surface area contributed by atoms with Crippen LogP contribution in [-0.2, 0) is 19.1 Å². The number of primary amides is 1. The van der Waals surface area contributed by atoms with E-state index < -0.39 is 23.4 Å². The van der Waals surface area contributed by atoms with Crippen LogP contribution in [0.1, 0.15) is 0 Å². The molecule has 0 fully saturated rings. The van der Waals surface area contributed by atoms with Crippen molar-refractivity contribution < 1.29 is 19.1 Å². The second-order valence-electron chi connectivity index (χ2n) is 1.63. The summed E-state index contributed by atoms with van der Waals surface area (Å²) in [6.07, 6.45) is 0.769. The zero-order valence-corrected chi connectivity index (χ0v) is 4.79. The summed E-state index contributed by atoms with van der Waals surface area (Å²) in [7, 11) is 0. The Kier molecular flexibility index (Phi) is 1.26. The van der Waals surface area contributed by atoms with Crippen LogP contribution in [0.2, 0.25) is 0 Å². The number of esters is 2. The van der Waals surface area contributed by atoms with E-state index in [1.165, 1.54) is 0 Å². The van der Waals surface area contributed by atoms with Crippen LogP contribution in [-0.4, -0.2) is 17.8 Å². The molecule has 0 saturated heterocycles. The lowest BCUT2D eigenvalue weighted by Crippen LogP contribution is -2.18. The number of hydrogen-bond acceptors (Lipinski definition) is 4. The Bertz CT molecular complexity index is 252. The van der Waals surface area contributed by atoms with E-state index >= 15 is 0 Å². The molecular weight excluding hydrogens is 138 g/mol. The van der Waals surface area contributed by atoms with Gasteiger partial charge in [-0.2, -0.15) is 0 Å². The van der Waals surface area contributed by atoms with Gasteiger partial charge in [0.1, 0.15) is 5.57 Å². The van der Waals surface area contributed by atoms with Gasteiger partial charge in [0.05, 0.1) is 0 Å². The molecular formula is C5H3NO4. The van der Waals surface area contributed by atoms with Crippen molar-refractivity contribution in [3.8, 4) is 0 Å². The molecule has 0 bridgehead atoms. The lowest BCUT2D eigenvalue weighted by atomic mass is 10.3. The first-order valence-electron chi connectivity index (χ1n) is 2.39. The Balaban J connectivity index is 2.96. The molecule has 0 spiro atoms. The van der Waals surface area contributed by atoms with Crippen LogP contribution in [0.5, 0.6) is 0 Å². The highest BCUT2D eigenvalue weighted by Gasteiger charge is 2.27. The van der Waals surface area contributed by atoms with Crippen molar-refractivity contribution >= 4 is 17.8 Å². The van der Waals surface area contributed by atoms with Gasteiger partial charge < -0.3 is 10.5 Å². The maximum atomic E-state index is 10.4. The van der Waals surface area contributed by atoms with Gasteiger partial charge in [-0.3, -0.25) is 4.79 Å². The van der Waals surface area contributed by atoms with Crippen LogP contribution < -0.4 is 5.73 Å². The van der Waals surface area contributed by atoms with Crippen molar-refractivity contribution in [2.75, 3.05) is 0 Å². The Labute approximate surface area is 55.4 Å². The van der Waals surface area contributed by atoms with Crippen LogP contribution in [0.4, 0.5) is 0 Å². The molecule has 2 N–H and O–H groups in total. The lowest BCUT2D eigenvalue weighted by Gasteiger charge is -1.87. The summed E-state index contributed by atoms with van der Waals surface area (Å²) in [4.78, 5) is 30.9. The van der Waals surface area contributed by atoms with Crippen molar-refractivity contribution in [3.05, 3.63) is 11.6 Å². The Morgan fingerprint density at radius 2 is 2.10 bits per heavy atom. The van der Waals surface area contributed by atoms with Crippen molar-refractivity contribution in [2.24, 2.45) is 5.73 Å². The molecule has 5 nitrogen and oxygen atoms in total. The van der Waals surface area contributed by atoms with Crippen molar-refractivity contribution in [2.45, 2.75) is 0 Å². The molecule has 1 aliphatic rings. The summed E-state index contributed by atoms with van der Waals surface area (Å²) in [5.74, 6) is -2.77. The molecule has 1 aliphatic heterocycles. The number of ether oxygens (including phenoxy) is 1. The predicted octanol–water partition coefficient (Wildman–Crippen LogP) is -1.52. The van der Waals surface area contributed by atoms with Gasteiger partial charge in [0.15, 0.2) is 0 Å².